The summed E-state index contributed by atoms with van der Waals surface area (Å²) in [6.07, 6.45) is 0.560. The van der Waals surface area contributed by atoms with Crippen LogP contribution in [0.3, 0.4) is 0 Å². The number of aromatic nitrogens is 2. The predicted octanol–water partition coefficient (Wildman–Crippen LogP) is 4.95. The van der Waals surface area contributed by atoms with Crippen LogP contribution in [0.5, 0.6) is 11.5 Å². The van der Waals surface area contributed by atoms with Gasteiger partial charge in [0.2, 0.25) is 0 Å². The summed E-state index contributed by atoms with van der Waals surface area (Å²) >= 11 is 0. The normalized spacial score (nSPS) is 10.5. The Kier molecular flexibility index (Phi) is 7.16. The van der Waals surface area contributed by atoms with Crippen LogP contribution in [0.25, 0.3) is 11.3 Å². The Balaban J connectivity index is 1.54. The fraction of sp³-hybridized carbons (Fsp3) is 0.154. The monoisotopic (exact) mass is 428 g/mol. The molecule has 0 atom stereocenters. The van der Waals surface area contributed by atoms with E-state index in [2.05, 4.69) is 10.2 Å². The number of carbonyl (C=O) groups excluding carboxylic acids is 1. The Labute approximate surface area is 186 Å². The highest BCUT2D eigenvalue weighted by Gasteiger charge is 2.13. The van der Waals surface area contributed by atoms with Crippen molar-refractivity contribution in [2.45, 2.75) is 19.6 Å². The second-order valence-electron chi connectivity index (χ2n) is 7.20. The third-order valence-electron chi connectivity index (χ3n) is 4.90. The first-order valence-corrected chi connectivity index (χ1v) is 10.4. The van der Waals surface area contributed by atoms with Crippen molar-refractivity contribution >= 4 is 6.47 Å². The number of H-pyrrole nitrogens is 1. The van der Waals surface area contributed by atoms with Crippen LogP contribution >= 0.6 is 0 Å². The highest BCUT2D eigenvalue weighted by molar-refractivity contribution is 5.68. The van der Waals surface area contributed by atoms with Crippen molar-refractivity contribution < 1.29 is 19.0 Å². The molecular formula is C26H24N2O4. The van der Waals surface area contributed by atoms with Crippen molar-refractivity contribution in [2.24, 2.45) is 0 Å². The molecule has 0 saturated heterocycles. The van der Waals surface area contributed by atoms with E-state index in [1.54, 1.807) is 0 Å². The number of benzene rings is 3. The first-order valence-electron chi connectivity index (χ1n) is 10.4. The molecule has 0 unspecified atom stereocenters. The van der Waals surface area contributed by atoms with Gasteiger partial charge in [-0.05, 0) is 29.3 Å². The lowest BCUT2D eigenvalue weighted by atomic mass is 10.1. The third kappa shape index (κ3) is 5.76. The topological polar surface area (TPSA) is 73.4 Å². The molecule has 0 saturated carbocycles. The highest BCUT2D eigenvalue weighted by Crippen LogP contribution is 2.34. The van der Waals surface area contributed by atoms with E-state index in [0.29, 0.717) is 38.5 Å². The van der Waals surface area contributed by atoms with Crippen LogP contribution in [0.4, 0.5) is 0 Å². The second kappa shape index (κ2) is 10.8. The van der Waals surface area contributed by atoms with Gasteiger partial charge in [-0.15, -0.1) is 0 Å². The van der Waals surface area contributed by atoms with Crippen molar-refractivity contribution in [3.8, 4) is 22.8 Å². The van der Waals surface area contributed by atoms with Crippen LogP contribution in [0, 0.1) is 0 Å². The van der Waals surface area contributed by atoms with E-state index in [1.165, 1.54) is 0 Å². The van der Waals surface area contributed by atoms with Gasteiger partial charge < -0.3 is 14.2 Å². The number of nitrogens with zero attached hydrogens (tertiary/aromatic N) is 1. The summed E-state index contributed by atoms with van der Waals surface area (Å²) < 4.78 is 16.9. The Hall–Kier alpha value is -4.06. The molecule has 0 bridgehead atoms. The summed E-state index contributed by atoms with van der Waals surface area (Å²) in [6.45, 7) is 1.65. The molecule has 4 rings (SSSR count). The minimum absolute atomic E-state index is 0.300. The van der Waals surface area contributed by atoms with Gasteiger partial charge >= 0.3 is 0 Å². The summed E-state index contributed by atoms with van der Waals surface area (Å²) in [7, 11) is 0. The maximum absolute atomic E-state index is 10.4. The van der Waals surface area contributed by atoms with Crippen molar-refractivity contribution in [1.82, 2.24) is 10.2 Å². The molecule has 0 spiro atoms. The smallest absolute Gasteiger partial charge is 0.293 e. The van der Waals surface area contributed by atoms with E-state index in [0.717, 1.165) is 33.8 Å². The molecule has 0 aliphatic carbocycles. The average Bonchev–Trinajstić information content (AvgIpc) is 3.31. The van der Waals surface area contributed by atoms with Gasteiger partial charge in [-0.3, -0.25) is 9.89 Å². The highest BCUT2D eigenvalue weighted by atomic mass is 16.5. The first kappa shape index (κ1) is 21.2. The minimum Gasteiger partial charge on any atom is -0.489 e. The Morgan fingerprint density at radius 3 is 2.19 bits per heavy atom. The summed E-state index contributed by atoms with van der Waals surface area (Å²) in [5.74, 6) is 1.40. The SMILES string of the molecule is O=COCCc1cc(-c2ccc(OCc3ccccc3)cc2OCc2ccccc2)n[nH]1. The lowest BCUT2D eigenvalue weighted by molar-refractivity contribution is -0.128. The number of aromatic amines is 1. The van der Waals surface area contributed by atoms with Gasteiger partial charge in [0.1, 0.15) is 24.7 Å². The quantitative estimate of drug-likeness (QED) is 0.270. The molecule has 162 valence electrons. The molecule has 6 nitrogen and oxygen atoms in total. The molecule has 0 aliphatic rings. The second-order valence-corrected chi connectivity index (χ2v) is 7.20. The number of hydrogen-bond acceptors (Lipinski definition) is 5. The van der Waals surface area contributed by atoms with Gasteiger partial charge in [0.15, 0.2) is 0 Å². The fourth-order valence-electron chi connectivity index (χ4n) is 3.24. The van der Waals surface area contributed by atoms with Crippen LogP contribution in [0.1, 0.15) is 16.8 Å². The minimum atomic E-state index is 0.300. The van der Waals surface area contributed by atoms with Gasteiger partial charge in [0, 0.05) is 23.7 Å². The number of nitrogens with one attached hydrogen (secondary N) is 1. The van der Waals surface area contributed by atoms with E-state index in [-0.39, 0.29) is 0 Å². The molecule has 1 N–H and O–H groups in total. The molecule has 6 heteroatoms. The van der Waals surface area contributed by atoms with Crippen LogP contribution < -0.4 is 9.47 Å². The molecule has 0 amide bonds. The maximum Gasteiger partial charge on any atom is 0.293 e. The largest absolute Gasteiger partial charge is 0.489 e. The summed E-state index contributed by atoms with van der Waals surface area (Å²) in [4.78, 5) is 10.4. The zero-order chi connectivity index (χ0) is 22.0. The molecule has 0 radical (unpaired) electrons. The molecule has 3 aromatic carbocycles. The van der Waals surface area contributed by atoms with E-state index in [9.17, 15) is 4.79 Å². The standard InChI is InChI=1S/C26H24N2O4/c29-19-30-14-13-22-15-25(28-27-22)24-12-11-23(31-17-20-7-3-1-4-8-20)16-26(24)32-18-21-9-5-2-6-10-21/h1-12,15-16,19H,13-14,17-18H2,(H,27,28). The maximum atomic E-state index is 10.4. The molecular weight excluding hydrogens is 404 g/mol. The van der Waals surface area contributed by atoms with E-state index in [4.69, 9.17) is 14.2 Å². The Morgan fingerprint density at radius 1 is 0.812 bits per heavy atom. The van der Waals surface area contributed by atoms with Crippen LogP contribution in [-0.4, -0.2) is 23.3 Å². The fourth-order valence-corrected chi connectivity index (χ4v) is 3.24. The summed E-state index contributed by atoms with van der Waals surface area (Å²) in [6, 6.07) is 27.7. The van der Waals surface area contributed by atoms with Gasteiger partial charge in [-0.25, -0.2) is 0 Å². The van der Waals surface area contributed by atoms with Crippen molar-refractivity contribution in [1.29, 1.82) is 0 Å². The van der Waals surface area contributed by atoms with Crippen LogP contribution in [0.15, 0.2) is 84.9 Å². The van der Waals surface area contributed by atoms with Crippen molar-refractivity contribution in [2.75, 3.05) is 6.61 Å². The molecule has 0 fully saturated rings. The number of ether oxygens (including phenoxy) is 3. The molecule has 1 heterocycles. The zero-order valence-corrected chi connectivity index (χ0v) is 17.6. The molecule has 4 aromatic rings. The Bertz CT molecular complexity index is 1130. The number of hydrogen-bond donors (Lipinski definition) is 1. The molecule has 32 heavy (non-hydrogen) atoms. The van der Waals surface area contributed by atoms with Gasteiger partial charge in [0.25, 0.3) is 6.47 Å². The van der Waals surface area contributed by atoms with Crippen LogP contribution in [0.2, 0.25) is 0 Å². The van der Waals surface area contributed by atoms with Crippen LogP contribution in [-0.2, 0) is 29.2 Å². The van der Waals surface area contributed by atoms with E-state index < -0.39 is 0 Å². The van der Waals surface area contributed by atoms with Gasteiger partial charge in [0.05, 0.1) is 12.3 Å². The Morgan fingerprint density at radius 2 is 1.50 bits per heavy atom. The predicted molar refractivity (Wildman–Crippen MR) is 121 cm³/mol. The number of carbonyl (C=O) groups is 1. The third-order valence-corrected chi connectivity index (χ3v) is 4.90. The average molecular weight is 428 g/mol. The lowest BCUT2D eigenvalue weighted by Gasteiger charge is -2.13. The van der Waals surface area contributed by atoms with E-state index in [1.807, 2.05) is 84.9 Å². The van der Waals surface area contributed by atoms with Crippen molar-refractivity contribution in [3.05, 3.63) is 102 Å². The van der Waals surface area contributed by atoms with Gasteiger partial charge in [-0.1, -0.05) is 60.7 Å². The van der Waals surface area contributed by atoms with E-state index >= 15 is 0 Å². The molecule has 0 aliphatic heterocycles. The number of rotatable bonds is 11. The first-order chi connectivity index (χ1) is 15.8. The zero-order valence-electron chi connectivity index (χ0n) is 17.6. The lowest BCUT2D eigenvalue weighted by Crippen LogP contribution is -1.99. The summed E-state index contributed by atoms with van der Waals surface area (Å²) in [5, 5.41) is 7.41. The molecule has 1 aromatic heterocycles. The van der Waals surface area contributed by atoms with Gasteiger partial charge in [-0.2, -0.15) is 5.10 Å². The summed E-state index contributed by atoms with van der Waals surface area (Å²) in [5.41, 5.74) is 4.65. The van der Waals surface area contributed by atoms with Crippen molar-refractivity contribution in [3.63, 3.8) is 0 Å².